The Kier molecular flexibility index (Phi) is 7.53. The first-order valence-corrected chi connectivity index (χ1v) is 17.0. The molecular formula is C48H33NO. The number of hydrogen-bond donors (Lipinski definition) is 0. The van der Waals surface area contributed by atoms with Crippen molar-refractivity contribution in [3.63, 3.8) is 0 Å². The van der Waals surface area contributed by atoms with Crippen LogP contribution in [-0.4, -0.2) is 0 Å². The number of nitrogens with zero attached hydrogens (tertiary/aromatic N) is 1. The third-order valence-electron chi connectivity index (χ3n) is 9.47. The van der Waals surface area contributed by atoms with Crippen molar-refractivity contribution in [1.29, 1.82) is 0 Å². The Morgan fingerprint density at radius 2 is 0.920 bits per heavy atom. The van der Waals surface area contributed by atoms with E-state index in [4.69, 9.17) is 4.42 Å². The smallest absolute Gasteiger partial charge is 0.135 e. The van der Waals surface area contributed by atoms with Gasteiger partial charge in [0.1, 0.15) is 11.3 Å². The van der Waals surface area contributed by atoms with E-state index in [1.165, 1.54) is 33.0 Å². The Morgan fingerprint density at radius 3 is 1.74 bits per heavy atom. The molecule has 0 aliphatic carbocycles. The predicted octanol–water partition coefficient (Wildman–Crippen LogP) is 13.7. The highest BCUT2D eigenvalue weighted by atomic mass is 16.3. The van der Waals surface area contributed by atoms with Crippen LogP contribution in [-0.2, 0) is 0 Å². The number of benzene rings is 8. The molecule has 2 heteroatoms. The van der Waals surface area contributed by atoms with Crippen LogP contribution in [0.4, 0.5) is 17.1 Å². The summed E-state index contributed by atoms with van der Waals surface area (Å²) in [5.41, 5.74) is 12.2. The largest absolute Gasteiger partial charge is 0.456 e. The van der Waals surface area contributed by atoms with Gasteiger partial charge in [-0.3, -0.25) is 0 Å². The Balaban J connectivity index is 1.16. The second-order valence-corrected chi connectivity index (χ2v) is 12.6. The maximum absolute atomic E-state index is 6.32. The molecular weight excluding hydrogens is 607 g/mol. The molecule has 236 valence electrons. The van der Waals surface area contributed by atoms with Crippen molar-refractivity contribution in [3.05, 3.63) is 200 Å². The normalized spacial score (nSPS) is 11.2. The molecule has 0 amide bonds. The zero-order chi connectivity index (χ0) is 33.3. The molecule has 9 aromatic rings. The van der Waals surface area contributed by atoms with Crippen LogP contribution in [0.15, 0.2) is 205 Å². The van der Waals surface area contributed by atoms with Crippen LogP contribution >= 0.6 is 0 Å². The number of fused-ring (bicyclic) bond motifs is 2. The molecule has 0 bridgehead atoms. The van der Waals surface area contributed by atoms with Gasteiger partial charge in [0.05, 0.1) is 5.69 Å². The van der Waals surface area contributed by atoms with Crippen LogP contribution in [0.25, 0.3) is 66.4 Å². The lowest BCUT2D eigenvalue weighted by Crippen LogP contribution is -2.11. The van der Waals surface area contributed by atoms with E-state index in [0.29, 0.717) is 0 Å². The molecule has 0 saturated carbocycles. The van der Waals surface area contributed by atoms with Gasteiger partial charge in [0, 0.05) is 27.9 Å². The summed E-state index contributed by atoms with van der Waals surface area (Å²) >= 11 is 0. The highest BCUT2D eigenvalue weighted by molar-refractivity contribution is 5.91. The van der Waals surface area contributed by atoms with E-state index in [1.54, 1.807) is 0 Å². The average molecular weight is 640 g/mol. The molecule has 0 atom stereocenters. The van der Waals surface area contributed by atoms with Crippen molar-refractivity contribution in [1.82, 2.24) is 0 Å². The standard InChI is InChI=1S/C48H33NO/c1-2-11-34(12-3-1)36-21-24-38(25-22-36)45-18-7-8-19-46(45)49(44-17-10-16-41(32-44)48-33-42-15-6-9-20-47(42)50-48)43-29-27-37(28-30-43)40-26-23-35-13-4-5-14-39(35)31-40/h1-33H. The molecule has 1 heterocycles. The maximum Gasteiger partial charge on any atom is 0.135 e. The summed E-state index contributed by atoms with van der Waals surface area (Å²) < 4.78 is 6.32. The molecule has 0 N–H and O–H groups in total. The van der Waals surface area contributed by atoms with Crippen molar-refractivity contribution in [2.45, 2.75) is 0 Å². The van der Waals surface area contributed by atoms with Crippen LogP contribution in [0.1, 0.15) is 0 Å². The van der Waals surface area contributed by atoms with Gasteiger partial charge in [-0.25, -0.2) is 0 Å². The monoisotopic (exact) mass is 639 g/mol. The van der Waals surface area contributed by atoms with Gasteiger partial charge >= 0.3 is 0 Å². The third-order valence-corrected chi connectivity index (χ3v) is 9.47. The Hall–Kier alpha value is -6.64. The molecule has 0 radical (unpaired) electrons. The molecule has 50 heavy (non-hydrogen) atoms. The fourth-order valence-corrected chi connectivity index (χ4v) is 6.91. The SMILES string of the molecule is c1ccc(-c2ccc(-c3ccccc3N(c3ccc(-c4ccc5ccccc5c4)cc3)c3cccc(-c4cc5ccccc5o4)c3)cc2)cc1. The second-order valence-electron chi connectivity index (χ2n) is 12.6. The van der Waals surface area contributed by atoms with Crippen LogP contribution < -0.4 is 4.90 Å². The maximum atomic E-state index is 6.32. The van der Waals surface area contributed by atoms with Gasteiger partial charge in [-0.05, 0) is 87.1 Å². The summed E-state index contributed by atoms with van der Waals surface area (Å²) in [5.74, 6) is 0.851. The molecule has 0 unspecified atom stereocenters. The van der Waals surface area contributed by atoms with E-state index in [2.05, 4.69) is 187 Å². The quantitative estimate of drug-likeness (QED) is 0.173. The zero-order valence-electron chi connectivity index (χ0n) is 27.4. The molecule has 0 aliphatic heterocycles. The minimum absolute atomic E-state index is 0.851. The van der Waals surface area contributed by atoms with Crippen molar-refractivity contribution in [2.75, 3.05) is 4.90 Å². The van der Waals surface area contributed by atoms with Gasteiger partial charge in [-0.15, -0.1) is 0 Å². The molecule has 2 nitrogen and oxygen atoms in total. The van der Waals surface area contributed by atoms with Gasteiger partial charge in [-0.2, -0.15) is 0 Å². The number of para-hydroxylation sites is 2. The summed E-state index contributed by atoms with van der Waals surface area (Å²) in [6, 6.07) is 71.1. The molecule has 8 aromatic carbocycles. The third kappa shape index (κ3) is 5.63. The van der Waals surface area contributed by atoms with E-state index in [9.17, 15) is 0 Å². The first kappa shape index (κ1) is 29.5. The highest BCUT2D eigenvalue weighted by Gasteiger charge is 2.19. The Bertz CT molecular complexity index is 2550. The van der Waals surface area contributed by atoms with Gasteiger partial charge in [0.2, 0.25) is 0 Å². The second kappa shape index (κ2) is 12.8. The summed E-state index contributed by atoms with van der Waals surface area (Å²) in [4.78, 5) is 2.36. The van der Waals surface area contributed by atoms with Crippen molar-refractivity contribution in [2.24, 2.45) is 0 Å². The number of anilines is 3. The lowest BCUT2D eigenvalue weighted by molar-refractivity contribution is 0.631. The van der Waals surface area contributed by atoms with Crippen LogP contribution in [0.5, 0.6) is 0 Å². The van der Waals surface area contributed by atoms with E-state index in [-0.39, 0.29) is 0 Å². The van der Waals surface area contributed by atoms with Crippen LogP contribution in [0.3, 0.4) is 0 Å². The minimum Gasteiger partial charge on any atom is -0.456 e. The fraction of sp³-hybridized carbons (Fsp3) is 0. The lowest BCUT2D eigenvalue weighted by atomic mass is 9.98. The Labute approximate surface area is 292 Å². The molecule has 0 fully saturated rings. The number of hydrogen-bond acceptors (Lipinski definition) is 2. The fourth-order valence-electron chi connectivity index (χ4n) is 6.91. The summed E-state index contributed by atoms with van der Waals surface area (Å²) in [6.45, 7) is 0. The van der Waals surface area contributed by atoms with E-state index in [0.717, 1.165) is 50.5 Å². The average Bonchev–Trinajstić information content (AvgIpc) is 3.64. The molecule has 9 rings (SSSR count). The van der Waals surface area contributed by atoms with Gasteiger partial charge in [0.15, 0.2) is 0 Å². The lowest BCUT2D eigenvalue weighted by Gasteiger charge is -2.28. The first-order valence-electron chi connectivity index (χ1n) is 17.0. The minimum atomic E-state index is 0.851. The van der Waals surface area contributed by atoms with E-state index >= 15 is 0 Å². The zero-order valence-corrected chi connectivity index (χ0v) is 27.4. The molecule has 1 aromatic heterocycles. The van der Waals surface area contributed by atoms with Gasteiger partial charge in [-0.1, -0.05) is 152 Å². The first-order chi connectivity index (χ1) is 24.8. The molecule has 0 saturated heterocycles. The highest BCUT2D eigenvalue weighted by Crippen LogP contribution is 2.43. The van der Waals surface area contributed by atoms with Gasteiger partial charge in [0.25, 0.3) is 0 Å². The van der Waals surface area contributed by atoms with E-state index in [1.807, 2.05) is 18.2 Å². The van der Waals surface area contributed by atoms with Crippen molar-refractivity contribution < 1.29 is 4.42 Å². The van der Waals surface area contributed by atoms with Crippen molar-refractivity contribution >= 4 is 38.8 Å². The predicted molar refractivity (Wildman–Crippen MR) is 210 cm³/mol. The summed E-state index contributed by atoms with van der Waals surface area (Å²) in [5, 5.41) is 3.58. The summed E-state index contributed by atoms with van der Waals surface area (Å²) in [7, 11) is 0. The number of furan rings is 1. The Morgan fingerprint density at radius 1 is 0.320 bits per heavy atom. The van der Waals surface area contributed by atoms with E-state index < -0.39 is 0 Å². The molecule has 0 spiro atoms. The summed E-state index contributed by atoms with van der Waals surface area (Å²) in [6.07, 6.45) is 0. The van der Waals surface area contributed by atoms with Gasteiger partial charge < -0.3 is 9.32 Å². The number of rotatable bonds is 7. The molecule has 0 aliphatic rings. The van der Waals surface area contributed by atoms with Crippen LogP contribution in [0, 0.1) is 0 Å². The van der Waals surface area contributed by atoms with Crippen LogP contribution in [0.2, 0.25) is 0 Å². The topological polar surface area (TPSA) is 16.4 Å². The van der Waals surface area contributed by atoms with Crippen molar-refractivity contribution in [3.8, 4) is 44.7 Å².